The highest BCUT2D eigenvalue weighted by molar-refractivity contribution is 7.07. The Balaban J connectivity index is 1.89. The van der Waals surface area contributed by atoms with E-state index in [1.807, 2.05) is 24.3 Å². The lowest BCUT2D eigenvalue weighted by atomic mass is 9.85. The molecule has 0 unspecified atom stereocenters. The summed E-state index contributed by atoms with van der Waals surface area (Å²) in [6.45, 7) is 9.44. The summed E-state index contributed by atoms with van der Waals surface area (Å²) >= 11 is 1.23. The van der Waals surface area contributed by atoms with Gasteiger partial charge in [0.1, 0.15) is 0 Å². The second kappa shape index (κ2) is 10.4. The average Bonchev–Trinajstić information content (AvgIpc) is 3.17. The number of benzene rings is 2. The maximum absolute atomic E-state index is 13.8. The Morgan fingerprint density at radius 1 is 1.05 bits per heavy atom. The van der Waals surface area contributed by atoms with Crippen molar-refractivity contribution in [2.24, 2.45) is 4.99 Å². The normalized spacial score (nSPS) is 15.6. The number of allylic oxidation sites excluding steroid dienone is 1. The van der Waals surface area contributed by atoms with Crippen molar-refractivity contribution in [3.05, 3.63) is 90.1 Å². The van der Waals surface area contributed by atoms with E-state index >= 15 is 0 Å². The number of hydrogen-bond acceptors (Lipinski definition) is 8. The van der Waals surface area contributed by atoms with Crippen LogP contribution in [0, 0.1) is 0 Å². The Morgan fingerprint density at radius 2 is 1.74 bits per heavy atom. The molecule has 0 spiro atoms. The van der Waals surface area contributed by atoms with Gasteiger partial charge in [-0.3, -0.25) is 14.2 Å². The maximum Gasteiger partial charge on any atom is 0.338 e. The lowest BCUT2D eigenvalue weighted by Crippen LogP contribution is -2.39. The van der Waals surface area contributed by atoms with E-state index in [1.54, 1.807) is 35.8 Å². The van der Waals surface area contributed by atoms with Crippen LogP contribution in [-0.4, -0.2) is 30.7 Å². The van der Waals surface area contributed by atoms with Crippen molar-refractivity contribution in [3.63, 3.8) is 0 Å². The fraction of sp³-hybridized carbons (Fsp3) is 0.310. The molecule has 8 nitrogen and oxygen atoms in total. The van der Waals surface area contributed by atoms with Crippen LogP contribution in [0.3, 0.4) is 0 Å². The Hall–Kier alpha value is -3.98. The molecule has 0 radical (unpaired) electrons. The number of nitrogens with zero attached hydrogens (tertiary/aromatic N) is 2. The first-order chi connectivity index (χ1) is 17.9. The zero-order valence-electron chi connectivity index (χ0n) is 22.4. The standard InChI is InChI=1S/C29H30N2O6S/c1-16-24(27(34)36-7)25(19-9-11-20(12-10-19)29(3,4)5)31-26(33)23(38-28(31)30-16)15-18-8-13-21(37-17(2)32)22(14-18)35-6/h8-15,25H,1-7H3/b23-15+/t25-/m1/s1. The molecular weight excluding hydrogens is 504 g/mol. The number of carbonyl (C=O) groups is 2. The first-order valence-electron chi connectivity index (χ1n) is 12.0. The monoisotopic (exact) mass is 534 g/mol. The minimum Gasteiger partial charge on any atom is -0.493 e. The summed E-state index contributed by atoms with van der Waals surface area (Å²) in [4.78, 5) is 43.1. The SMILES string of the molecule is COC(=O)C1=C(C)N=c2s/c(=C/c3ccc(OC(C)=O)c(OC)c3)c(=O)n2[C@@H]1c1ccc(C(C)(C)C)cc1. The summed E-state index contributed by atoms with van der Waals surface area (Å²) in [6, 6.07) is 12.3. The van der Waals surface area contributed by atoms with Crippen LogP contribution < -0.4 is 24.4 Å². The summed E-state index contributed by atoms with van der Waals surface area (Å²) in [5, 5.41) is 0. The molecule has 0 saturated carbocycles. The van der Waals surface area contributed by atoms with Gasteiger partial charge < -0.3 is 14.2 Å². The highest BCUT2D eigenvalue weighted by Crippen LogP contribution is 2.32. The summed E-state index contributed by atoms with van der Waals surface area (Å²) in [5.74, 6) is -0.342. The Kier molecular flexibility index (Phi) is 7.42. The van der Waals surface area contributed by atoms with Gasteiger partial charge >= 0.3 is 11.9 Å². The van der Waals surface area contributed by atoms with Crippen LogP contribution in [0.25, 0.3) is 6.08 Å². The summed E-state index contributed by atoms with van der Waals surface area (Å²) in [5.41, 5.74) is 3.10. The van der Waals surface area contributed by atoms with Gasteiger partial charge in [0.15, 0.2) is 16.3 Å². The number of ether oxygens (including phenoxy) is 3. The maximum atomic E-state index is 13.8. The molecular formula is C29H30N2O6S. The molecule has 0 saturated heterocycles. The van der Waals surface area contributed by atoms with E-state index in [9.17, 15) is 14.4 Å². The van der Waals surface area contributed by atoms with Gasteiger partial charge in [0.2, 0.25) is 0 Å². The molecule has 1 atom stereocenters. The number of fused-ring (bicyclic) bond motifs is 1. The van der Waals surface area contributed by atoms with Crippen LogP contribution in [0.2, 0.25) is 0 Å². The van der Waals surface area contributed by atoms with E-state index in [2.05, 4.69) is 25.8 Å². The fourth-order valence-corrected chi connectivity index (χ4v) is 5.38. The van der Waals surface area contributed by atoms with Crippen molar-refractivity contribution in [2.45, 2.75) is 46.1 Å². The number of hydrogen-bond donors (Lipinski definition) is 0. The van der Waals surface area contributed by atoms with Gasteiger partial charge in [0.05, 0.1) is 36.1 Å². The zero-order valence-corrected chi connectivity index (χ0v) is 23.3. The summed E-state index contributed by atoms with van der Waals surface area (Å²) < 4.78 is 17.6. The van der Waals surface area contributed by atoms with Gasteiger partial charge in [0, 0.05) is 6.92 Å². The van der Waals surface area contributed by atoms with Crippen LogP contribution in [0.1, 0.15) is 57.4 Å². The predicted molar refractivity (Wildman–Crippen MR) is 145 cm³/mol. The van der Waals surface area contributed by atoms with Crippen LogP contribution in [-0.2, 0) is 19.7 Å². The molecule has 0 aliphatic carbocycles. The smallest absolute Gasteiger partial charge is 0.338 e. The lowest BCUT2D eigenvalue weighted by Gasteiger charge is -2.25. The zero-order chi connectivity index (χ0) is 27.8. The van der Waals surface area contributed by atoms with Crippen LogP contribution in [0.4, 0.5) is 0 Å². The summed E-state index contributed by atoms with van der Waals surface area (Å²) in [6.07, 6.45) is 1.72. The third-order valence-electron chi connectivity index (χ3n) is 6.26. The van der Waals surface area contributed by atoms with Crippen LogP contribution in [0.15, 0.2) is 63.5 Å². The number of carbonyl (C=O) groups excluding carboxylic acids is 2. The molecule has 1 aliphatic rings. The minimum absolute atomic E-state index is 0.0457. The van der Waals surface area contributed by atoms with Gasteiger partial charge in [-0.1, -0.05) is 62.4 Å². The van der Waals surface area contributed by atoms with Crippen molar-refractivity contribution < 1.29 is 23.8 Å². The molecule has 1 aromatic heterocycles. The molecule has 0 N–H and O–H groups in total. The van der Waals surface area contributed by atoms with Crippen molar-refractivity contribution in [3.8, 4) is 11.5 Å². The molecule has 9 heteroatoms. The highest BCUT2D eigenvalue weighted by atomic mass is 32.1. The molecule has 0 fully saturated rings. The van der Waals surface area contributed by atoms with Crippen LogP contribution >= 0.6 is 11.3 Å². The van der Waals surface area contributed by atoms with E-state index in [0.29, 0.717) is 31.9 Å². The lowest BCUT2D eigenvalue weighted by molar-refractivity contribution is -0.136. The van der Waals surface area contributed by atoms with E-state index in [4.69, 9.17) is 14.2 Å². The van der Waals surface area contributed by atoms with Crippen molar-refractivity contribution in [1.29, 1.82) is 0 Å². The number of esters is 2. The molecule has 0 bridgehead atoms. The third-order valence-corrected chi connectivity index (χ3v) is 7.24. The predicted octanol–water partition coefficient (Wildman–Crippen LogP) is 3.64. The largest absolute Gasteiger partial charge is 0.493 e. The van der Waals surface area contributed by atoms with E-state index in [-0.39, 0.29) is 16.7 Å². The molecule has 2 heterocycles. The summed E-state index contributed by atoms with van der Waals surface area (Å²) in [7, 11) is 2.79. The van der Waals surface area contributed by atoms with Gasteiger partial charge in [0.25, 0.3) is 5.56 Å². The molecule has 2 aromatic carbocycles. The minimum atomic E-state index is -0.684. The topological polar surface area (TPSA) is 96.2 Å². The molecule has 3 aromatic rings. The Bertz CT molecular complexity index is 1620. The molecule has 4 rings (SSSR count). The first kappa shape index (κ1) is 27.1. The first-order valence-corrected chi connectivity index (χ1v) is 12.8. The quantitative estimate of drug-likeness (QED) is 0.366. The third kappa shape index (κ3) is 5.19. The van der Waals surface area contributed by atoms with E-state index < -0.39 is 18.0 Å². The number of rotatable bonds is 5. The van der Waals surface area contributed by atoms with E-state index in [1.165, 1.54) is 32.5 Å². The Labute approximate surface area is 224 Å². The van der Waals surface area contributed by atoms with Gasteiger partial charge in [-0.25, -0.2) is 9.79 Å². The molecule has 198 valence electrons. The van der Waals surface area contributed by atoms with Crippen LogP contribution in [0.5, 0.6) is 11.5 Å². The fourth-order valence-electron chi connectivity index (χ4n) is 4.34. The van der Waals surface area contributed by atoms with Crippen molar-refractivity contribution >= 4 is 29.4 Å². The van der Waals surface area contributed by atoms with Crippen molar-refractivity contribution in [2.75, 3.05) is 14.2 Å². The second-order valence-corrected chi connectivity index (χ2v) is 11.0. The van der Waals surface area contributed by atoms with Crippen molar-refractivity contribution in [1.82, 2.24) is 4.57 Å². The second-order valence-electron chi connectivity index (χ2n) is 9.95. The molecule has 1 aliphatic heterocycles. The Morgan fingerprint density at radius 3 is 2.32 bits per heavy atom. The van der Waals surface area contributed by atoms with E-state index in [0.717, 1.165) is 11.1 Å². The number of methoxy groups -OCH3 is 2. The highest BCUT2D eigenvalue weighted by Gasteiger charge is 2.33. The molecule has 38 heavy (non-hydrogen) atoms. The van der Waals surface area contributed by atoms with Gasteiger partial charge in [-0.05, 0) is 47.2 Å². The van der Waals surface area contributed by atoms with Gasteiger partial charge in [-0.15, -0.1) is 0 Å². The number of aromatic nitrogens is 1. The van der Waals surface area contributed by atoms with Gasteiger partial charge in [-0.2, -0.15) is 0 Å². The average molecular weight is 535 g/mol. The molecule has 0 amide bonds. The number of thiazole rings is 1.